The first-order valence-electron chi connectivity index (χ1n) is 7.22. The van der Waals surface area contributed by atoms with Gasteiger partial charge < -0.3 is 4.74 Å². The summed E-state index contributed by atoms with van der Waals surface area (Å²) in [5, 5.41) is 0. The highest BCUT2D eigenvalue weighted by molar-refractivity contribution is 5.74. The van der Waals surface area contributed by atoms with Crippen LogP contribution in [-0.4, -0.2) is 12.6 Å². The van der Waals surface area contributed by atoms with Crippen molar-refractivity contribution in [1.82, 2.24) is 0 Å². The molecule has 18 heavy (non-hydrogen) atoms. The van der Waals surface area contributed by atoms with Crippen molar-refractivity contribution in [2.75, 3.05) is 6.61 Å². The van der Waals surface area contributed by atoms with E-state index in [4.69, 9.17) is 4.74 Å². The first kappa shape index (κ1) is 13.6. The second-order valence-corrected chi connectivity index (χ2v) is 6.84. The molecule has 0 bridgehead atoms. The molecule has 102 valence electrons. The van der Waals surface area contributed by atoms with Crippen LogP contribution in [-0.2, 0) is 9.53 Å². The smallest absolute Gasteiger partial charge is 0.308 e. The van der Waals surface area contributed by atoms with Crippen molar-refractivity contribution in [3.05, 3.63) is 11.6 Å². The highest BCUT2D eigenvalue weighted by Gasteiger charge is 2.53. The van der Waals surface area contributed by atoms with Gasteiger partial charge in [-0.05, 0) is 51.4 Å². The van der Waals surface area contributed by atoms with Crippen molar-refractivity contribution in [3.63, 3.8) is 0 Å². The molecule has 0 amide bonds. The van der Waals surface area contributed by atoms with E-state index in [0.717, 1.165) is 25.2 Å². The third-order valence-electron chi connectivity index (χ3n) is 4.46. The number of carbonyl (C=O) groups is 1. The first-order valence-corrected chi connectivity index (χ1v) is 7.22. The fourth-order valence-corrected chi connectivity index (χ4v) is 2.76. The van der Waals surface area contributed by atoms with Crippen LogP contribution in [0.15, 0.2) is 11.6 Å². The maximum absolute atomic E-state index is 11.5. The first-order chi connectivity index (χ1) is 8.42. The quantitative estimate of drug-likeness (QED) is 0.527. The molecule has 2 rings (SSSR count). The van der Waals surface area contributed by atoms with E-state index >= 15 is 0 Å². The molecule has 0 aliphatic heterocycles. The number of ether oxygens (including phenoxy) is 1. The van der Waals surface area contributed by atoms with E-state index in [1.807, 2.05) is 0 Å². The summed E-state index contributed by atoms with van der Waals surface area (Å²) in [5.74, 6) is 1.69. The SMILES string of the molecule is CC(C)=CC[C@@H](C)[C@H]1C[C@]1(C)COC(=O)C1CC1. The number of hydrogen-bond acceptors (Lipinski definition) is 2. The van der Waals surface area contributed by atoms with Crippen LogP contribution in [0.25, 0.3) is 0 Å². The van der Waals surface area contributed by atoms with Crippen LogP contribution in [0.5, 0.6) is 0 Å². The average Bonchev–Trinajstić information content (AvgIpc) is 3.18. The summed E-state index contributed by atoms with van der Waals surface area (Å²) in [5.41, 5.74) is 1.64. The predicted octanol–water partition coefficient (Wildman–Crippen LogP) is 3.96. The Morgan fingerprint density at radius 3 is 2.67 bits per heavy atom. The van der Waals surface area contributed by atoms with Gasteiger partial charge in [-0.2, -0.15) is 0 Å². The van der Waals surface area contributed by atoms with Gasteiger partial charge in [0.2, 0.25) is 0 Å². The summed E-state index contributed by atoms with van der Waals surface area (Å²) < 4.78 is 5.44. The van der Waals surface area contributed by atoms with Gasteiger partial charge in [-0.3, -0.25) is 4.79 Å². The molecule has 0 aromatic rings. The van der Waals surface area contributed by atoms with E-state index in [9.17, 15) is 4.79 Å². The maximum Gasteiger partial charge on any atom is 0.308 e. The van der Waals surface area contributed by atoms with Crippen molar-refractivity contribution in [2.45, 2.75) is 53.4 Å². The van der Waals surface area contributed by atoms with Crippen LogP contribution in [0.1, 0.15) is 53.4 Å². The Morgan fingerprint density at radius 2 is 2.11 bits per heavy atom. The van der Waals surface area contributed by atoms with Gasteiger partial charge in [-0.1, -0.05) is 25.5 Å². The van der Waals surface area contributed by atoms with Crippen molar-refractivity contribution >= 4 is 5.97 Å². The summed E-state index contributed by atoms with van der Waals surface area (Å²) in [6.07, 6.45) is 6.76. The Labute approximate surface area is 111 Å². The van der Waals surface area contributed by atoms with Crippen LogP contribution in [0.3, 0.4) is 0 Å². The molecular formula is C16H26O2. The van der Waals surface area contributed by atoms with Crippen LogP contribution >= 0.6 is 0 Å². The van der Waals surface area contributed by atoms with Crippen molar-refractivity contribution in [2.24, 2.45) is 23.2 Å². The lowest BCUT2D eigenvalue weighted by molar-refractivity contribution is -0.147. The minimum absolute atomic E-state index is 0.0406. The third-order valence-corrected chi connectivity index (χ3v) is 4.46. The molecule has 2 saturated carbocycles. The summed E-state index contributed by atoms with van der Waals surface area (Å²) in [6, 6.07) is 0. The molecule has 2 nitrogen and oxygen atoms in total. The Bertz CT molecular complexity index is 350. The number of rotatable bonds is 6. The molecular weight excluding hydrogens is 224 g/mol. The van der Waals surface area contributed by atoms with E-state index in [1.54, 1.807) is 0 Å². The molecule has 2 aliphatic rings. The van der Waals surface area contributed by atoms with Gasteiger partial charge in [0, 0.05) is 5.41 Å². The van der Waals surface area contributed by atoms with Gasteiger partial charge in [0.1, 0.15) is 0 Å². The average molecular weight is 250 g/mol. The minimum atomic E-state index is 0.0406. The molecule has 0 aromatic heterocycles. The summed E-state index contributed by atoms with van der Waals surface area (Å²) >= 11 is 0. The highest BCUT2D eigenvalue weighted by atomic mass is 16.5. The normalized spacial score (nSPS) is 31.7. The Morgan fingerprint density at radius 1 is 1.44 bits per heavy atom. The van der Waals surface area contributed by atoms with E-state index in [-0.39, 0.29) is 17.3 Å². The Balaban J connectivity index is 1.73. The Kier molecular flexibility index (Phi) is 3.84. The standard InChI is InChI=1S/C16H26O2/c1-11(2)5-6-12(3)14-9-16(14,4)10-18-15(17)13-7-8-13/h5,12-14H,6-10H2,1-4H3/t12-,14-,16-/m1/s1. The van der Waals surface area contributed by atoms with Gasteiger partial charge in [-0.25, -0.2) is 0 Å². The van der Waals surface area contributed by atoms with E-state index in [1.165, 1.54) is 12.0 Å². The zero-order valence-corrected chi connectivity index (χ0v) is 12.2. The molecule has 0 N–H and O–H groups in total. The van der Waals surface area contributed by atoms with Crippen LogP contribution in [0.2, 0.25) is 0 Å². The van der Waals surface area contributed by atoms with E-state index in [2.05, 4.69) is 33.8 Å². The molecule has 2 heteroatoms. The number of hydrogen-bond donors (Lipinski definition) is 0. The Hall–Kier alpha value is -0.790. The molecule has 0 heterocycles. The molecule has 3 atom stereocenters. The predicted molar refractivity (Wildman–Crippen MR) is 73.1 cm³/mol. The van der Waals surface area contributed by atoms with Gasteiger partial charge in [0.05, 0.1) is 12.5 Å². The molecule has 0 aromatic carbocycles. The van der Waals surface area contributed by atoms with Crippen LogP contribution in [0, 0.1) is 23.2 Å². The lowest BCUT2D eigenvalue weighted by Crippen LogP contribution is -2.17. The molecule has 2 aliphatic carbocycles. The largest absolute Gasteiger partial charge is 0.465 e. The zero-order valence-electron chi connectivity index (χ0n) is 12.2. The highest BCUT2D eigenvalue weighted by Crippen LogP contribution is 2.57. The molecule has 0 unspecified atom stereocenters. The van der Waals surface area contributed by atoms with Crippen molar-refractivity contribution in [1.29, 1.82) is 0 Å². The van der Waals surface area contributed by atoms with E-state index < -0.39 is 0 Å². The lowest BCUT2D eigenvalue weighted by Gasteiger charge is -2.15. The number of esters is 1. The fraction of sp³-hybridized carbons (Fsp3) is 0.812. The minimum Gasteiger partial charge on any atom is -0.465 e. The second-order valence-electron chi connectivity index (χ2n) is 6.84. The maximum atomic E-state index is 11.5. The van der Waals surface area contributed by atoms with Gasteiger partial charge in [0.15, 0.2) is 0 Å². The number of allylic oxidation sites excluding steroid dienone is 2. The second kappa shape index (κ2) is 5.07. The summed E-state index contributed by atoms with van der Waals surface area (Å²) in [4.78, 5) is 11.5. The molecule has 0 saturated heterocycles. The fourth-order valence-electron chi connectivity index (χ4n) is 2.76. The van der Waals surface area contributed by atoms with Gasteiger partial charge in [0.25, 0.3) is 0 Å². The summed E-state index contributed by atoms with van der Waals surface area (Å²) in [6.45, 7) is 9.51. The monoisotopic (exact) mass is 250 g/mol. The van der Waals surface area contributed by atoms with Crippen molar-refractivity contribution < 1.29 is 9.53 Å². The third kappa shape index (κ3) is 3.37. The lowest BCUT2D eigenvalue weighted by atomic mass is 9.94. The van der Waals surface area contributed by atoms with E-state index in [0.29, 0.717) is 12.5 Å². The number of carbonyl (C=O) groups excluding carboxylic acids is 1. The summed E-state index contributed by atoms with van der Waals surface area (Å²) in [7, 11) is 0. The van der Waals surface area contributed by atoms with Crippen LogP contribution < -0.4 is 0 Å². The molecule has 0 radical (unpaired) electrons. The zero-order chi connectivity index (χ0) is 13.3. The topological polar surface area (TPSA) is 26.3 Å². The van der Waals surface area contributed by atoms with Crippen molar-refractivity contribution in [3.8, 4) is 0 Å². The molecule has 0 spiro atoms. The molecule has 2 fully saturated rings. The van der Waals surface area contributed by atoms with Crippen LogP contribution in [0.4, 0.5) is 0 Å². The van der Waals surface area contributed by atoms with Gasteiger partial charge >= 0.3 is 5.97 Å². The van der Waals surface area contributed by atoms with Gasteiger partial charge in [-0.15, -0.1) is 0 Å².